The first-order chi connectivity index (χ1) is 13.9. The molecule has 1 aromatic carbocycles. The van der Waals surface area contributed by atoms with Gasteiger partial charge in [-0.25, -0.2) is 0 Å². The van der Waals surface area contributed by atoms with Gasteiger partial charge in [0.1, 0.15) is 11.0 Å². The predicted molar refractivity (Wildman–Crippen MR) is 117 cm³/mol. The molecule has 2 aromatic heterocycles. The fourth-order valence-electron chi connectivity index (χ4n) is 2.63. The maximum absolute atomic E-state index is 12.9. The van der Waals surface area contributed by atoms with Crippen LogP contribution in [0, 0.1) is 0 Å². The summed E-state index contributed by atoms with van der Waals surface area (Å²) in [5.74, 6) is 0.796. The molecular weight excluding hydrogens is 430 g/mol. The maximum Gasteiger partial charge on any atom is 0.249 e. The Labute approximate surface area is 182 Å². The minimum atomic E-state index is -0.565. The molecule has 0 radical (unpaired) electrons. The van der Waals surface area contributed by atoms with Crippen LogP contribution in [0.3, 0.4) is 0 Å². The number of thioether (sulfide) groups is 1. The highest BCUT2D eigenvalue weighted by Crippen LogP contribution is 2.30. The Bertz CT molecular complexity index is 988. The first-order valence-corrected chi connectivity index (χ1v) is 11.3. The van der Waals surface area contributed by atoms with E-state index in [1.165, 1.54) is 23.1 Å². The van der Waals surface area contributed by atoms with Crippen LogP contribution in [-0.4, -0.2) is 30.9 Å². The third kappa shape index (κ3) is 5.06. The molecule has 2 heterocycles. The molecule has 0 saturated heterocycles. The van der Waals surface area contributed by atoms with Crippen molar-refractivity contribution in [3.8, 4) is 0 Å². The minimum Gasteiger partial charge on any atom is -0.368 e. The van der Waals surface area contributed by atoms with Gasteiger partial charge < -0.3 is 5.73 Å². The summed E-state index contributed by atoms with van der Waals surface area (Å²) in [6, 6.07) is 7.03. The zero-order chi connectivity index (χ0) is 21.0. The summed E-state index contributed by atoms with van der Waals surface area (Å²) < 4.78 is 1.65. The Balaban J connectivity index is 1.77. The van der Waals surface area contributed by atoms with E-state index >= 15 is 0 Å². The van der Waals surface area contributed by atoms with E-state index in [0.717, 1.165) is 10.6 Å². The number of carbonyl (C=O) groups is 1. The quantitative estimate of drug-likeness (QED) is 0.489. The minimum absolute atomic E-state index is 0.189. The lowest BCUT2D eigenvalue weighted by atomic mass is 10.2. The molecule has 0 aliphatic rings. The van der Waals surface area contributed by atoms with E-state index in [0.29, 0.717) is 27.5 Å². The van der Waals surface area contributed by atoms with Crippen LogP contribution in [0.1, 0.15) is 49.7 Å². The van der Waals surface area contributed by atoms with Crippen LogP contribution >= 0.6 is 34.7 Å². The van der Waals surface area contributed by atoms with Gasteiger partial charge in [-0.15, -0.1) is 20.4 Å². The molecule has 0 saturated carbocycles. The van der Waals surface area contributed by atoms with Crippen molar-refractivity contribution < 1.29 is 4.79 Å². The molecule has 3 rings (SSSR count). The Morgan fingerprint density at radius 2 is 2.03 bits per heavy atom. The van der Waals surface area contributed by atoms with Crippen LogP contribution in [0.25, 0.3) is 0 Å². The normalized spacial score (nSPS) is 12.3. The van der Waals surface area contributed by atoms with Crippen LogP contribution in [0.15, 0.2) is 29.4 Å². The first-order valence-electron chi connectivity index (χ1n) is 9.11. The van der Waals surface area contributed by atoms with Crippen molar-refractivity contribution in [1.82, 2.24) is 25.0 Å². The molecule has 0 fully saturated rings. The summed E-state index contributed by atoms with van der Waals surface area (Å²) >= 11 is 9.03. The Morgan fingerprint density at radius 1 is 1.28 bits per heavy atom. The summed E-state index contributed by atoms with van der Waals surface area (Å²) in [6.07, 6.45) is 0.517. The van der Waals surface area contributed by atoms with Crippen molar-refractivity contribution in [3.05, 3.63) is 39.9 Å². The van der Waals surface area contributed by atoms with Crippen molar-refractivity contribution in [3.63, 3.8) is 0 Å². The highest BCUT2D eigenvalue weighted by molar-refractivity contribution is 7.98. The lowest BCUT2D eigenvalue weighted by Crippen LogP contribution is -2.27. The lowest BCUT2D eigenvalue weighted by Gasteiger charge is -2.18. The number of nitrogens with one attached hydrogen (secondary N) is 1. The van der Waals surface area contributed by atoms with Gasteiger partial charge in [-0.3, -0.25) is 14.7 Å². The van der Waals surface area contributed by atoms with Gasteiger partial charge in [0.05, 0.1) is 0 Å². The summed E-state index contributed by atoms with van der Waals surface area (Å²) in [5.41, 5.74) is 7.01. The molecule has 1 atom stereocenters. The van der Waals surface area contributed by atoms with Crippen molar-refractivity contribution in [2.24, 2.45) is 0 Å². The van der Waals surface area contributed by atoms with Gasteiger partial charge in [0, 0.05) is 16.7 Å². The molecule has 0 spiro atoms. The zero-order valence-corrected chi connectivity index (χ0v) is 18.7. The number of benzene rings is 1. The number of nitrogens with two attached hydrogens (primary N) is 1. The van der Waals surface area contributed by atoms with E-state index in [9.17, 15) is 4.79 Å². The van der Waals surface area contributed by atoms with Gasteiger partial charge in [-0.05, 0) is 18.1 Å². The molecule has 29 heavy (non-hydrogen) atoms. The van der Waals surface area contributed by atoms with Crippen molar-refractivity contribution in [2.45, 2.75) is 50.1 Å². The molecular formula is C18H22ClN7OS2. The van der Waals surface area contributed by atoms with Gasteiger partial charge >= 0.3 is 0 Å². The van der Waals surface area contributed by atoms with Crippen molar-refractivity contribution in [2.75, 3.05) is 11.1 Å². The smallest absolute Gasteiger partial charge is 0.249 e. The summed E-state index contributed by atoms with van der Waals surface area (Å²) in [5, 5.41) is 21.7. The molecule has 0 bridgehead atoms. The fraction of sp³-hybridized carbons (Fsp3) is 0.389. The Morgan fingerprint density at radius 3 is 2.69 bits per heavy atom. The van der Waals surface area contributed by atoms with Crippen LogP contribution < -0.4 is 11.1 Å². The molecule has 1 unspecified atom stereocenters. The number of carbonyl (C=O) groups excluding carboxylic acids is 1. The third-order valence-electron chi connectivity index (χ3n) is 4.17. The second kappa shape index (κ2) is 9.55. The van der Waals surface area contributed by atoms with Crippen molar-refractivity contribution in [1.29, 1.82) is 0 Å². The highest BCUT2D eigenvalue weighted by Gasteiger charge is 2.26. The lowest BCUT2D eigenvalue weighted by molar-refractivity contribution is -0.119. The monoisotopic (exact) mass is 451 g/mol. The van der Waals surface area contributed by atoms with Gasteiger partial charge in [0.15, 0.2) is 5.16 Å². The molecule has 1 amide bonds. The Kier molecular flexibility index (Phi) is 7.09. The summed E-state index contributed by atoms with van der Waals surface area (Å²) in [6.45, 7) is 5.97. The number of hydrogen-bond donors (Lipinski definition) is 2. The van der Waals surface area contributed by atoms with E-state index < -0.39 is 6.04 Å². The number of nitrogens with zero attached hydrogens (tertiary/aromatic N) is 5. The van der Waals surface area contributed by atoms with Gasteiger partial charge in [-0.2, -0.15) is 0 Å². The van der Waals surface area contributed by atoms with Crippen LogP contribution in [-0.2, 0) is 10.5 Å². The highest BCUT2D eigenvalue weighted by atomic mass is 35.5. The summed E-state index contributed by atoms with van der Waals surface area (Å²) in [4.78, 5) is 12.9. The fourth-order valence-corrected chi connectivity index (χ4v) is 4.66. The molecule has 8 nitrogen and oxygen atoms in total. The molecule has 0 aliphatic carbocycles. The number of halogens is 1. The third-order valence-corrected chi connectivity index (χ3v) is 6.67. The van der Waals surface area contributed by atoms with Crippen LogP contribution in [0.5, 0.6) is 0 Å². The van der Waals surface area contributed by atoms with Crippen LogP contribution in [0.4, 0.5) is 11.1 Å². The zero-order valence-electron chi connectivity index (χ0n) is 16.3. The Hall–Kier alpha value is -2.17. The van der Waals surface area contributed by atoms with Gasteiger partial charge in [0.2, 0.25) is 17.0 Å². The first kappa shape index (κ1) is 21.5. The van der Waals surface area contributed by atoms with E-state index in [-0.39, 0.29) is 17.8 Å². The number of hydrogen-bond acceptors (Lipinski definition) is 8. The number of anilines is 2. The van der Waals surface area contributed by atoms with Crippen LogP contribution in [0.2, 0.25) is 5.02 Å². The second-order valence-electron chi connectivity index (χ2n) is 6.60. The number of nitrogen functional groups attached to an aromatic ring is 1. The summed E-state index contributed by atoms with van der Waals surface area (Å²) in [7, 11) is 0. The number of aromatic nitrogens is 5. The van der Waals surface area contributed by atoms with Crippen molar-refractivity contribution >= 4 is 51.7 Å². The van der Waals surface area contributed by atoms with E-state index in [1.54, 1.807) is 4.57 Å². The average Bonchev–Trinajstić information content (AvgIpc) is 3.30. The van der Waals surface area contributed by atoms with Gasteiger partial charge in [0.25, 0.3) is 0 Å². The van der Waals surface area contributed by atoms with E-state index in [4.69, 9.17) is 17.3 Å². The molecule has 3 aromatic rings. The molecule has 11 heteroatoms. The number of rotatable bonds is 8. The van der Waals surface area contributed by atoms with E-state index in [1.807, 2.05) is 45.0 Å². The SMILES string of the molecule is CCC(C(=O)Nc1nnc(C(C)C)s1)n1c(N)nnc1SCc1ccccc1Cl. The maximum atomic E-state index is 12.9. The standard InChI is InChI=1S/C18H22ClN7OS2/c1-4-13(14(27)21-17-24-22-15(29-17)10(2)3)26-16(20)23-25-18(26)28-9-11-7-5-6-8-12(11)19/h5-8,10,13H,4,9H2,1-3H3,(H2,20,23)(H,21,24,27). The second-order valence-corrected chi connectivity index (χ2v) is 8.96. The molecule has 3 N–H and O–H groups in total. The number of amides is 1. The largest absolute Gasteiger partial charge is 0.368 e. The predicted octanol–water partition coefficient (Wildman–Crippen LogP) is 4.37. The van der Waals surface area contributed by atoms with E-state index in [2.05, 4.69) is 25.7 Å². The topological polar surface area (TPSA) is 112 Å². The average molecular weight is 452 g/mol. The molecule has 154 valence electrons. The van der Waals surface area contributed by atoms with Gasteiger partial charge in [-0.1, -0.05) is 73.7 Å². The molecule has 0 aliphatic heterocycles.